The molecule has 1 unspecified atom stereocenters. The fourth-order valence-corrected chi connectivity index (χ4v) is 3.44. The minimum atomic E-state index is -0.371. The molecule has 3 aromatic rings. The minimum absolute atomic E-state index is 0.156. The Morgan fingerprint density at radius 2 is 2.15 bits per heavy atom. The summed E-state index contributed by atoms with van der Waals surface area (Å²) in [5.74, 6) is 0.358. The van der Waals surface area contributed by atoms with Crippen molar-refractivity contribution in [2.75, 3.05) is 18.7 Å². The molecule has 27 heavy (non-hydrogen) atoms. The first-order valence-electron chi connectivity index (χ1n) is 8.59. The van der Waals surface area contributed by atoms with E-state index in [1.54, 1.807) is 47.9 Å². The number of aromatic hydroxyl groups is 1. The molecule has 0 radical (unpaired) electrons. The molecule has 0 saturated carbocycles. The van der Waals surface area contributed by atoms with Crippen LogP contribution in [0.2, 0.25) is 0 Å². The number of ether oxygens (including phenoxy) is 1. The van der Waals surface area contributed by atoms with E-state index in [0.717, 1.165) is 10.4 Å². The minimum Gasteiger partial charge on any atom is -0.508 e. The van der Waals surface area contributed by atoms with Gasteiger partial charge in [0, 0.05) is 17.7 Å². The Kier molecular flexibility index (Phi) is 6.40. The van der Waals surface area contributed by atoms with E-state index in [2.05, 4.69) is 15.6 Å². The topological polar surface area (TPSA) is 83.5 Å². The maximum atomic E-state index is 13.0. The van der Waals surface area contributed by atoms with Gasteiger partial charge in [-0.1, -0.05) is 18.2 Å². The summed E-state index contributed by atoms with van der Waals surface area (Å²) in [5.41, 5.74) is 1.23. The molecule has 0 spiro atoms. The summed E-state index contributed by atoms with van der Waals surface area (Å²) in [6.07, 6.45) is 1.62. The van der Waals surface area contributed by atoms with Crippen LogP contribution in [-0.2, 0) is 4.74 Å². The molecule has 0 fully saturated rings. The summed E-state index contributed by atoms with van der Waals surface area (Å²) in [6.45, 7) is 2.74. The van der Waals surface area contributed by atoms with Crippen LogP contribution in [0.25, 0.3) is 0 Å². The lowest BCUT2D eigenvalue weighted by molar-refractivity contribution is 0.0943. The van der Waals surface area contributed by atoms with Crippen LogP contribution in [0.5, 0.6) is 5.75 Å². The maximum absolute atomic E-state index is 13.0. The van der Waals surface area contributed by atoms with Crippen LogP contribution in [-0.4, -0.2) is 29.3 Å². The first-order valence-corrected chi connectivity index (χ1v) is 9.47. The number of phenols is 1. The highest BCUT2D eigenvalue weighted by atomic mass is 32.1. The quantitative estimate of drug-likeness (QED) is 0.407. The van der Waals surface area contributed by atoms with Crippen molar-refractivity contribution in [3.8, 4) is 5.75 Å². The predicted molar refractivity (Wildman–Crippen MR) is 106 cm³/mol. The van der Waals surface area contributed by atoms with Crippen molar-refractivity contribution in [2.45, 2.75) is 13.0 Å². The third kappa shape index (κ3) is 4.84. The van der Waals surface area contributed by atoms with Crippen LogP contribution >= 0.6 is 11.3 Å². The second-order valence-corrected chi connectivity index (χ2v) is 6.71. The number of carbonyl (C=O) groups excluding carboxylic acids is 1. The normalized spacial score (nSPS) is 11.7. The van der Waals surface area contributed by atoms with Gasteiger partial charge in [0.25, 0.3) is 5.91 Å². The van der Waals surface area contributed by atoms with Crippen LogP contribution in [0.3, 0.4) is 0 Å². The monoisotopic (exact) mass is 383 g/mol. The molecule has 0 bridgehead atoms. The van der Waals surface area contributed by atoms with Crippen LogP contribution in [0, 0.1) is 0 Å². The summed E-state index contributed by atoms with van der Waals surface area (Å²) >= 11 is 1.54. The van der Waals surface area contributed by atoms with Gasteiger partial charge in [-0.3, -0.25) is 4.79 Å². The van der Waals surface area contributed by atoms with Crippen molar-refractivity contribution in [1.82, 2.24) is 10.3 Å². The van der Waals surface area contributed by atoms with E-state index in [-0.39, 0.29) is 24.4 Å². The van der Waals surface area contributed by atoms with Gasteiger partial charge in [-0.05, 0) is 48.2 Å². The molecule has 0 saturated heterocycles. The van der Waals surface area contributed by atoms with E-state index in [1.807, 2.05) is 30.5 Å². The van der Waals surface area contributed by atoms with Crippen molar-refractivity contribution >= 4 is 23.1 Å². The summed E-state index contributed by atoms with van der Waals surface area (Å²) in [5, 5.41) is 17.9. The molecule has 7 heteroatoms. The third-order valence-corrected chi connectivity index (χ3v) is 4.84. The van der Waals surface area contributed by atoms with Crippen molar-refractivity contribution in [3.63, 3.8) is 0 Å². The van der Waals surface area contributed by atoms with Gasteiger partial charge in [0.05, 0.1) is 11.6 Å². The van der Waals surface area contributed by atoms with Crippen LogP contribution in [0.4, 0.5) is 5.82 Å². The number of pyridine rings is 1. The number of rotatable bonds is 8. The number of amides is 1. The van der Waals surface area contributed by atoms with Gasteiger partial charge in [0.15, 0.2) is 0 Å². The SMILES string of the molecule is CCOCNc1ncccc1C(=O)NC(c1cccc(O)c1)c1cccs1. The first kappa shape index (κ1) is 18.9. The van der Waals surface area contributed by atoms with Crippen LogP contribution in [0.1, 0.15) is 33.8 Å². The average molecular weight is 383 g/mol. The second-order valence-electron chi connectivity index (χ2n) is 5.73. The summed E-state index contributed by atoms with van der Waals surface area (Å²) < 4.78 is 5.29. The average Bonchev–Trinajstić information content (AvgIpc) is 3.21. The number of aromatic nitrogens is 1. The molecule has 6 nitrogen and oxygen atoms in total. The van der Waals surface area contributed by atoms with Crippen molar-refractivity contribution in [2.24, 2.45) is 0 Å². The molecule has 1 atom stereocenters. The zero-order valence-corrected chi connectivity index (χ0v) is 15.7. The number of phenolic OH excluding ortho intramolecular Hbond substituents is 1. The molecule has 140 valence electrons. The predicted octanol–water partition coefficient (Wildman–Crippen LogP) is 3.77. The van der Waals surface area contributed by atoms with E-state index < -0.39 is 0 Å². The van der Waals surface area contributed by atoms with Crippen molar-refractivity contribution in [3.05, 3.63) is 76.1 Å². The highest BCUT2D eigenvalue weighted by molar-refractivity contribution is 7.10. The van der Waals surface area contributed by atoms with Gasteiger partial charge in [-0.15, -0.1) is 11.3 Å². The first-order chi connectivity index (χ1) is 13.2. The Morgan fingerprint density at radius 3 is 2.89 bits per heavy atom. The second kappa shape index (κ2) is 9.16. The molecule has 2 aromatic heterocycles. The van der Waals surface area contributed by atoms with E-state index in [4.69, 9.17) is 4.74 Å². The lowest BCUT2D eigenvalue weighted by Gasteiger charge is -2.19. The smallest absolute Gasteiger partial charge is 0.255 e. The summed E-state index contributed by atoms with van der Waals surface area (Å²) in [7, 11) is 0. The van der Waals surface area contributed by atoms with Crippen LogP contribution in [0.15, 0.2) is 60.1 Å². The number of nitrogens with zero attached hydrogens (tertiary/aromatic N) is 1. The number of carbonyl (C=O) groups is 1. The maximum Gasteiger partial charge on any atom is 0.255 e. The number of thiophene rings is 1. The fraction of sp³-hybridized carbons (Fsp3) is 0.200. The number of hydrogen-bond donors (Lipinski definition) is 3. The molecule has 3 N–H and O–H groups in total. The van der Waals surface area contributed by atoms with E-state index in [9.17, 15) is 9.90 Å². The Bertz CT molecular complexity index is 884. The van der Waals surface area contributed by atoms with Crippen LogP contribution < -0.4 is 10.6 Å². The summed E-state index contributed by atoms with van der Waals surface area (Å²) in [6, 6.07) is 13.8. The number of nitrogens with one attached hydrogen (secondary N) is 2. The van der Waals surface area contributed by atoms with E-state index >= 15 is 0 Å². The standard InChI is InChI=1S/C20H21N3O3S/c1-2-26-13-22-19-16(8-4-10-21-19)20(25)23-18(17-9-5-11-27-17)14-6-3-7-15(24)12-14/h3-12,18,24H,2,13H2,1H3,(H,21,22)(H,23,25). The molecular formula is C20H21N3O3S. The highest BCUT2D eigenvalue weighted by Gasteiger charge is 2.21. The van der Waals surface area contributed by atoms with Gasteiger partial charge in [0.1, 0.15) is 18.3 Å². The summed E-state index contributed by atoms with van der Waals surface area (Å²) in [4.78, 5) is 18.2. The highest BCUT2D eigenvalue weighted by Crippen LogP contribution is 2.28. The van der Waals surface area contributed by atoms with E-state index in [1.165, 1.54) is 0 Å². The molecule has 1 amide bonds. The lowest BCUT2D eigenvalue weighted by atomic mass is 10.0. The molecule has 0 aliphatic rings. The molecule has 0 aliphatic heterocycles. The molecular weight excluding hydrogens is 362 g/mol. The Balaban J connectivity index is 1.85. The van der Waals surface area contributed by atoms with Gasteiger partial charge in [-0.25, -0.2) is 4.98 Å². The van der Waals surface area contributed by atoms with E-state index in [0.29, 0.717) is 18.0 Å². The lowest BCUT2D eigenvalue weighted by Crippen LogP contribution is -2.29. The van der Waals surface area contributed by atoms with Gasteiger partial charge >= 0.3 is 0 Å². The third-order valence-electron chi connectivity index (χ3n) is 3.90. The van der Waals surface area contributed by atoms with Gasteiger partial charge in [-0.2, -0.15) is 0 Å². The Labute approximate surface area is 161 Å². The zero-order chi connectivity index (χ0) is 19.1. The largest absolute Gasteiger partial charge is 0.508 e. The van der Waals surface area contributed by atoms with Crippen molar-refractivity contribution < 1.29 is 14.6 Å². The van der Waals surface area contributed by atoms with Crippen molar-refractivity contribution in [1.29, 1.82) is 0 Å². The Hall–Kier alpha value is -2.90. The number of anilines is 1. The number of benzene rings is 1. The molecule has 1 aromatic carbocycles. The number of hydrogen-bond acceptors (Lipinski definition) is 6. The van der Waals surface area contributed by atoms with Gasteiger partial charge < -0.3 is 20.5 Å². The molecule has 2 heterocycles. The zero-order valence-electron chi connectivity index (χ0n) is 14.9. The van der Waals surface area contributed by atoms with Gasteiger partial charge in [0.2, 0.25) is 0 Å². The molecule has 3 rings (SSSR count). The fourth-order valence-electron chi connectivity index (χ4n) is 2.64. The Morgan fingerprint density at radius 1 is 1.26 bits per heavy atom. The molecule has 0 aliphatic carbocycles.